The van der Waals surface area contributed by atoms with E-state index < -0.39 is 0 Å². The normalized spacial score (nSPS) is 13.5. The molecule has 0 aromatic heterocycles. The molecule has 0 radical (unpaired) electrons. The lowest BCUT2D eigenvalue weighted by atomic mass is 10.2. The van der Waals surface area contributed by atoms with Crippen LogP contribution in [0.4, 0.5) is 0 Å². The number of aliphatic hydroxyl groups excluding tert-OH is 1. The predicted molar refractivity (Wildman–Crippen MR) is 40.8 cm³/mol. The van der Waals surface area contributed by atoms with Gasteiger partial charge in [0, 0.05) is 0 Å². The lowest BCUT2D eigenvalue weighted by molar-refractivity contribution is 0.0235. The van der Waals surface area contributed by atoms with Crippen LogP contribution < -0.4 is 5.73 Å². The molecular formula is C7H17NO2. The standard InChI is InChI=1S/C7H17NO2/c1-2-7(3-4-8)10-6-5-9/h7,9H,2-6,8H2,1H3. The molecule has 0 heterocycles. The highest BCUT2D eigenvalue weighted by molar-refractivity contribution is 4.54. The van der Waals surface area contributed by atoms with Gasteiger partial charge < -0.3 is 15.6 Å². The van der Waals surface area contributed by atoms with E-state index in [0.717, 1.165) is 12.8 Å². The van der Waals surface area contributed by atoms with Gasteiger partial charge >= 0.3 is 0 Å². The van der Waals surface area contributed by atoms with E-state index in [9.17, 15) is 0 Å². The van der Waals surface area contributed by atoms with E-state index in [1.165, 1.54) is 0 Å². The number of nitrogens with two attached hydrogens (primary N) is 1. The van der Waals surface area contributed by atoms with Crippen LogP contribution in [0, 0.1) is 0 Å². The van der Waals surface area contributed by atoms with Crippen molar-refractivity contribution in [3.63, 3.8) is 0 Å². The molecule has 0 aliphatic heterocycles. The highest BCUT2D eigenvalue weighted by Gasteiger charge is 2.02. The van der Waals surface area contributed by atoms with Crippen molar-refractivity contribution in [2.75, 3.05) is 19.8 Å². The molecule has 62 valence electrons. The maximum Gasteiger partial charge on any atom is 0.0701 e. The lowest BCUT2D eigenvalue weighted by Crippen LogP contribution is -2.18. The molecule has 0 fully saturated rings. The molecule has 3 N–H and O–H groups in total. The molecule has 0 aliphatic rings. The van der Waals surface area contributed by atoms with Crippen LogP contribution in [0.3, 0.4) is 0 Å². The van der Waals surface area contributed by atoms with Gasteiger partial charge in [-0.05, 0) is 19.4 Å². The highest BCUT2D eigenvalue weighted by atomic mass is 16.5. The minimum Gasteiger partial charge on any atom is -0.394 e. The van der Waals surface area contributed by atoms with Crippen LogP contribution in [-0.2, 0) is 4.74 Å². The van der Waals surface area contributed by atoms with E-state index in [-0.39, 0.29) is 12.7 Å². The molecule has 1 unspecified atom stereocenters. The zero-order valence-corrected chi connectivity index (χ0v) is 6.55. The maximum absolute atomic E-state index is 8.42. The molecular weight excluding hydrogens is 130 g/mol. The maximum atomic E-state index is 8.42. The summed E-state index contributed by atoms with van der Waals surface area (Å²) in [6.07, 6.45) is 2.09. The van der Waals surface area contributed by atoms with Gasteiger partial charge in [0.1, 0.15) is 0 Å². The summed E-state index contributed by atoms with van der Waals surface area (Å²) in [6.45, 7) is 3.24. The van der Waals surface area contributed by atoms with Crippen molar-refractivity contribution in [2.45, 2.75) is 25.9 Å². The second-order valence-corrected chi connectivity index (χ2v) is 2.20. The number of aliphatic hydroxyl groups is 1. The van der Waals surface area contributed by atoms with Gasteiger partial charge in [-0.1, -0.05) is 6.92 Å². The van der Waals surface area contributed by atoms with Crippen molar-refractivity contribution >= 4 is 0 Å². The summed E-state index contributed by atoms with van der Waals surface area (Å²) >= 11 is 0. The van der Waals surface area contributed by atoms with Crippen LogP contribution in [0.2, 0.25) is 0 Å². The van der Waals surface area contributed by atoms with E-state index in [1.807, 2.05) is 0 Å². The predicted octanol–water partition coefficient (Wildman–Crippen LogP) is 0.123. The summed E-state index contributed by atoms with van der Waals surface area (Å²) in [5.74, 6) is 0. The molecule has 0 amide bonds. The average Bonchev–Trinajstić information content (AvgIpc) is 1.98. The first-order valence-corrected chi connectivity index (χ1v) is 3.77. The van der Waals surface area contributed by atoms with Crippen molar-refractivity contribution in [3.05, 3.63) is 0 Å². The third-order valence-electron chi connectivity index (χ3n) is 1.39. The van der Waals surface area contributed by atoms with Gasteiger partial charge in [-0.3, -0.25) is 0 Å². The van der Waals surface area contributed by atoms with Gasteiger partial charge in [-0.25, -0.2) is 0 Å². The molecule has 0 aromatic carbocycles. The smallest absolute Gasteiger partial charge is 0.0701 e. The van der Waals surface area contributed by atoms with Crippen molar-refractivity contribution in [1.29, 1.82) is 0 Å². The summed E-state index contributed by atoms with van der Waals surface area (Å²) < 4.78 is 5.25. The minimum atomic E-state index is 0.0983. The van der Waals surface area contributed by atoms with Gasteiger partial charge in [-0.2, -0.15) is 0 Å². The molecule has 0 aliphatic carbocycles. The first-order valence-electron chi connectivity index (χ1n) is 3.77. The molecule has 0 spiro atoms. The van der Waals surface area contributed by atoms with Gasteiger partial charge in [0.05, 0.1) is 19.3 Å². The molecule has 0 aromatic rings. The second-order valence-electron chi connectivity index (χ2n) is 2.20. The molecule has 0 rings (SSSR count). The van der Waals surface area contributed by atoms with E-state index in [4.69, 9.17) is 15.6 Å². The van der Waals surface area contributed by atoms with Crippen molar-refractivity contribution in [2.24, 2.45) is 5.73 Å². The largest absolute Gasteiger partial charge is 0.394 e. The van der Waals surface area contributed by atoms with Crippen LogP contribution >= 0.6 is 0 Å². The average molecular weight is 147 g/mol. The van der Waals surface area contributed by atoms with Crippen LogP contribution in [0.1, 0.15) is 19.8 Å². The van der Waals surface area contributed by atoms with Crippen molar-refractivity contribution < 1.29 is 9.84 Å². The number of rotatable bonds is 6. The van der Waals surface area contributed by atoms with Crippen LogP contribution in [0.15, 0.2) is 0 Å². The molecule has 3 heteroatoms. The van der Waals surface area contributed by atoms with Crippen LogP contribution in [0.25, 0.3) is 0 Å². The Morgan fingerprint density at radius 3 is 2.70 bits per heavy atom. The van der Waals surface area contributed by atoms with Crippen LogP contribution in [-0.4, -0.2) is 31.0 Å². The van der Waals surface area contributed by atoms with Gasteiger partial charge in [0.25, 0.3) is 0 Å². The Morgan fingerprint density at radius 1 is 1.60 bits per heavy atom. The van der Waals surface area contributed by atoms with E-state index in [2.05, 4.69) is 6.92 Å². The number of hydrogen-bond donors (Lipinski definition) is 2. The van der Waals surface area contributed by atoms with Gasteiger partial charge in [0.2, 0.25) is 0 Å². The third kappa shape index (κ3) is 4.73. The Hall–Kier alpha value is -0.120. The number of ether oxygens (including phenoxy) is 1. The van der Waals surface area contributed by atoms with E-state index in [1.54, 1.807) is 0 Å². The Balaban J connectivity index is 3.21. The minimum absolute atomic E-state index is 0.0983. The quantitative estimate of drug-likeness (QED) is 0.561. The van der Waals surface area contributed by atoms with Gasteiger partial charge in [0.15, 0.2) is 0 Å². The Bertz CT molecular complexity index is 68.6. The molecule has 10 heavy (non-hydrogen) atoms. The zero-order chi connectivity index (χ0) is 7.82. The summed E-state index contributed by atoms with van der Waals surface area (Å²) in [4.78, 5) is 0. The Morgan fingerprint density at radius 2 is 2.30 bits per heavy atom. The van der Waals surface area contributed by atoms with Crippen molar-refractivity contribution in [1.82, 2.24) is 0 Å². The lowest BCUT2D eigenvalue weighted by Gasteiger charge is -2.13. The topological polar surface area (TPSA) is 55.5 Å². The Labute approximate surface area is 62.2 Å². The second kappa shape index (κ2) is 6.99. The highest BCUT2D eigenvalue weighted by Crippen LogP contribution is 2.00. The van der Waals surface area contributed by atoms with E-state index in [0.29, 0.717) is 13.2 Å². The fourth-order valence-electron chi connectivity index (χ4n) is 0.811. The summed E-state index contributed by atoms with van der Waals surface area (Å²) in [5.41, 5.74) is 5.33. The third-order valence-corrected chi connectivity index (χ3v) is 1.39. The first-order chi connectivity index (χ1) is 4.85. The Kier molecular flexibility index (Phi) is 6.91. The SMILES string of the molecule is CCC(CCN)OCCO. The summed E-state index contributed by atoms with van der Waals surface area (Å²) in [5, 5.41) is 8.42. The molecule has 0 saturated heterocycles. The summed E-state index contributed by atoms with van der Waals surface area (Å²) in [6, 6.07) is 0. The van der Waals surface area contributed by atoms with Gasteiger partial charge in [-0.15, -0.1) is 0 Å². The molecule has 3 nitrogen and oxygen atoms in total. The van der Waals surface area contributed by atoms with Crippen LogP contribution in [0.5, 0.6) is 0 Å². The fourth-order valence-corrected chi connectivity index (χ4v) is 0.811. The van der Waals surface area contributed by atoms with Crippen molar-refractivity contribution in [3.8, 4) is 0 Å². The molecule has 0 saturated carbocycles. The molecule has 1 atom stereocenters. The molecule has 0 bridgehead atoms. The first kappa shape index (κ1) is 9.88. The fraction of sp³-hybridized carbons (Fsp3) is 1.00. The van der Waals surface area contributed by atoms with E-state index >= 15 is 0 Å². The number of hydrogen-bond acceptors (Lipinski definition) is 3. The summed E-state index contributed by atoms with van der Waals surface area (Å²) in [7, 11) is 0. The zero-order valence-electron chi connectivity index (χ0n) is 6.55. The monoisotopic (exact) mass is 147 g/mol.